The first-order valence-corrected chi connectivity index (χ1v) is 5.33. The van der Waals surface area contributed by atoms with Gasteiger partial charge in [-0.25, -0.2) is 0 Å². The van der Waals surface area contributed by atoms with Gasteiger partial charge in [0.1, 0.15) is 0 Å². The van der Waals surface area contributed by atoms with Gasteiger partial charge in [0.05, 0.1) is 0 Å². The van der Waals surface area contributed by atoms with Crippen molar-refractivity contribution in [2.24, 2.45) is 10.9 Å². The molecule has 1 unspecified atom stereocenters. The molecule has 0 amide bonds. The molecule has 1 nitrogen and oxygen atoms in total. The molecule has 0 radical (unpaired) electrons. The van der Waals surface area contributed by atoms with E-state index in [-0.39, 0.29) is 0 Å². The Morgan fingerprint density at radius 1 is 1.31 bits per heavy atom. The molecule has 0 N–H and O–H groups in total. The number of nitrogens with zero attached hydrogens (tertiary/aromatic N) is 1. The topological polar surface area (TPSA) is 12.4 Å². The Balaban J connectivity index is 4.42. The Kier molecular flexibility index (Phi) is 6.56. The zero-order valence-corrected chi connectivity index (χ0v) is 9.72. The van der Waals surface area contributed by atoms with E-state index in [1.807, 2.05) is 0 Å². The van der Waals surface area contributed by atoms with Crippen LogP contribution in [0.5, 0.6) is 0 Å². The second-order valence-electron chi connectivity index (χ2n) is 3.79. The second-order valence-corrected chi connectivity index (χ2v) is 3.79. The Labute approximate surface area is 83.0 Å². The summed E-state index contributed by atoms with van der Waals surface area (Å²) in [7, 11) is 0. The maximum absolute atomic E-state index is 4.56. The largest absolute Gasteiger partial charge is 0.263 e. The van der Waals surface area contributed by atoms with Gasteiger partial charge in [-0.3, -0.25) is 4.99 Å². The summed E-state index contributed by atoms with van der Waals surface area (Å²) in [5.74, 6) is 0.611. The molecule has 0 aromatic heterocycles. The van der Waals surface area contributed by atoms with Crippen LogP contribution in [0.1, 0.15) is 53.9 Å². The van der Waals surface area contributed by atoms with E-state index in [1.165, 1.54) is 18.5 Å². The lowest BCUT2D eigenvalue weighted by molar-refractivity contribution is 0.594. The van der Waals surface area contributed by atoms with Crippen LogP contribution in [0.3, 0.4) is 0 Å². The highest BCUT2D eigenvalue weighted by molar-refractivity contribution is 5.80. The summed E-state index contributed by atoms with van der Waals surface area (Å²) in [5.41, 5.74) is 2.42. The summed E-state index contributed by atoms with van der Waals surface area (Å²) in [5, 5.41) is 0. The monoisotopic (exact) mass is 181 g/mol. The number of allylic oxidation sites excluding steroid dienone is 2. The van der Waals surface area contributed by atoms with E-state index in [9.17, 15) is 0 Å². The summed E-state index contributed by atoms with van der Waals surface area (Å²) >= 11 is 0. The van der Waals surface area contributed by atoms with Crippen LogP contribution >= 0.6 is 0 Å². The van der Waals surface area contributed by atoms with Gasteiger partial charge < -0.3 is 0 Å². The van der Waals surface area contributed by atoms with Crippen LogP contribution < -0.4 is 0 Å². The minimum atomic E-state index is 0.611. The first-order chi connectivity index (χ1) is 6.11. The van der Waals surface area contributed by atoms with Crippen molar-refractivity contribution in [3.63, 3.8) is 0 Å². The highest BCUT2D eigenvalue weighted by Crippen LogP contribution is 2.18. The van der Waals surface area contributed by atoms with Gasteiger partial charge in [0.15, 0.2) is 0 Å². The Morgan fingerprint density at radius 2 is 1.92 bits per heavy atom. The molecule has 0 spiro atoms. The molecular formula is C12H23N. The molecule has 0 fully saturated rings. The smallest absolute Gasteiger partial charge is 0.0391 e. The molecule has 0 aromatic carbocycles. The Hall–Kier alpha value is -0.590. The van der Waals surface area contributed by atoms with Crippen molar-refractivity contribution in [3.8, 4) is 0 Å². The number of aliphatic imine (C=N–C) groups is 1. The van der Waals surface area contributed by atoms with Crippen molar-refractivity contribution in [3.05, 3.63) is 11.8 Å². The average molecular weight is 181 g/mol. The molecule has 0 saturated heterocycles. The van der Waals surface area contributed by atoms with Crippen molar-refractivity contribution < 1.29 is 0 Å². The summed E-state index contributed by atoms with van der Waals surface area (Å²) in [6.45, 7) is 10.8. The molecule has 0 bridgehead atoms. The molecule has 1 heteroatoms. The van der Waals surface area contributed by atoms with Crippen LogP contribution in [0.4, 0.5) is 0 Å². The summed E-state index contributed by atoms with van der Waals surface area (Å²) in [4.78, 5) is 4.56. The second kappa shape index (κ2) is 6.88. The van der Waals surface area contributed by atoms with Crippen molar-refractivity contribution in [1.29, 1.82) is 0 Å². The fourth-order valence-electron chi connectivity index (χ4n) is 1.41. The van der Waals surface area contributed by atoms with Crippen LogP contribution in [-0.4, -0.2) is 5.71 Å². The van der Waals surface area contributed by atoms with Gasteiger partial charge in [0.25, 0.3) is 0 Å². The van der Waals surface area contributed by atoms with Crippen LogP contribution in [0.25, 0.3) is 0 Å². The van der Waals surface area contributed by atoms with Crippen LogP contribution in [0.2, 0.25) is 0 Å². The quantitative estimate of drug-likeness (QED) is 0.564. The summed E-state index contributed by atoms with van der Waals surface area (Å²) in [6.07, 6.45) is 5.80. The van der Waals surface area contributed by atoms with Crippen LogP contribution in [0, 0.1) is 5.92 Å². The average Bonchev–Trinajstić information content (AvgIpc) is 2.03. The predicted molar refractivity (Wildman–Crippen MR) is 61.2 cm³/mol. The van der Waals surface area contributed by atoms with Crippen molar-refractivity contribution >= 4 is 5.71 Å². The Morgan fingerprint density at radius 3 is 2.31 bits per heavy atom. The zero-order chi connectivity index (χ0) is 10.3. The molecule has 0 aliphatic heterocycles. The van der Waals surface area contributed by atoms with Crippen LogP contribution in [-0.2, 0) is 0 Å². The number of rotatable bonds is 5. The molecule has 76 valence electrons. The highest BCUT2D eigenvalue weighted by Gasteiger charge is 2.05. The zero-order valence-electron chi connectivity index (χ0n) is 9.72. The third-order valence-corrected chi connectivity index (χ3v) is 1.99. The molecule has 1 atom stereocenters. The van der Waals surface area contributed by atoms with E-state index >= 15 is 0 Å². The third-order valence-electron chi connectivity index (χ3n) is 1.99. The van der Waals surface area contributed by atoms with Crippen LogP contribution in [0.15, 0.2) is 16.8 Å². The molecule has 0 aliphatic carbocycles. The fourth-order valence-corrected chi connectivity index (χ4v) is 1.41. The van der Waals surface area contributed by atoms with Gasteiger partial charge in [0, 0.05) is 11.4 Å². The minimum absolute atomic E-state index is 0.611. The number of hydrogen-bond acceptors (Lipinski definition) is 1. The fraction of sp³-hybridized carbons (Fsp3) is 0.750. The highest BCUT2D eigenvalue weighted by atomic mass is 14.8. The first-order valence-electron chi connectivity index (χ1n) is 5.33. The van der Waals surface area contributed by atoms with Crippen molar-refractivity contribution in [1.82, 2.24) is 0 Å². The summed E-state index contributed by atoms with van der Waals surface area (Å²) in [6, 6.07) is 0. The number of hydrogen-bond donors (Lipinski definition) is 0. The molecule has 0 aliphatic rings. The molecule has 13 heavy (non-hydrogen) atoms. The van der Waals surface area contributed by atoms with Gasteiger partial charge in [0.2, 0.25) is 0 Å². The van der Waals surface area contributed by atoms with Crippen molar-refractivity contribution in [2.75, 3.05) is 0 Å². The van der Waals surface area contributed by atoms with E-state index < -0.39 is 0 Å². The van der Waals surface area contributed by atoms with E-state index in [0.717, 1.165) is 12.1 Å². The first kappa shape index (κ1) is 12.4. The van der Waals surface area contributed by atoms with Gasteiger partial charge in [-0.05, 0) is 32.6 Å². The lowest BCUT2D eigenvalue weighted by atomic mass is 10.0. The molecule has 0 aromatic rings. The summed E-state index contributed by atoms with van der Waals surface area (Å²) < 4.78 is 0. The van der Waals surface area contributed by atoms with E-state index in [0.29, 0.717) is 5.92 Å². The minimum Gasteiger partial charge on any atom is -0.263 e. The molecular weight excluding hydrogens is 158 g/mol. The molecule has 0 saturated carbocycles. The SMILES string of the molecule is CC/C=C(/N=C(C)C)C(C)CCC. The molecule has 0 rings (SSSR count). The van der Waals surface area contributed by atoms with Gasteiger partial charge in [-0.2, -0.15) is 0 Å². The normalized spacial score (nSPS) is 14.1. The third kappa shape index (κ3) is 5.62. The van der Waals surface area contributed by atoms with E-state index in [2.05, 4.69) is 45.7 Å². The standard InChI is InChI=1S/C12H23N/c1-6-8-11(5)12(9-7-2)13-10(3)4/h9,11H,6-8H2,1-5H3/b12-9+. The van der Waals surface area contributed by atoms with E-state index in [1.54, 1.807) is 0 Å². The predicted octanol–water partition coefficient (Wildman–Crippen LogP) is 4.20. The van der Waals surface area contributed by atoms with Gasteiger partial charge in [-0.1, -0.05) is 33.3 Å². The maximum atomic E-state index is 4.56. The molecule has 0 heterocycles. The van der Waals surface area contributed by atoms with E-state index in [4.69, 9.17) is 0 Å². The lowest BCUT2D eigenvalue weighted by Crippen LogP contribution is -1.99. The van der Waals surface area contributed by atoms with Gasteiger partial charge in [-0.15, -0.1) is 0 Å². The van der Waals surface area contributed by atoms with Crippen molar-refractivity contribution in [2.45, 2.75) is 53.9 Å². The maximum Gasteiger partial charge on any atom is 0.0391 e. The van der Waals surface area contributed by atoms with Gasteiger partial charge >= 0.3 is 0 Å². The lowest BCUT2D eigenvalue weighted by Gasteiger charge is -2.11. The Bertz CT molecular complexity index is 185.